The van der Waals surface area contributed by atoms with Crippen LogP contribution in [0.2, 0.25) is 0 Å². The van der Waals surface area contributed by atoms with Crippen molar-refractivity contribution in [3.63, 3.8) is 0 Å². The minimum atomic E-state index is -2.97. The molecule has 0 aliphatic carbocycles. The summed E-state index contributed by atoms with van der Waals surface area (Å²) in [5.41, 5.74) is 2.21. The highest BCUT2D eigenvalue weighted by atomic mass is 32.2. The monoisotopic (exact) mass is 211 g/mol. The van der Waals surface area contributed by atoms with Crippen LogP contribution in [0.4, 0.5) is 0 Å². The summed E-state index contributed by atoms with van der Waals surface area (Å²) in [6.07, 6.45) is 1.17. The van der Waals surface area contributed by atoms with Crippen molar-refractivity contribution < 1.29 is 8.42 Å². The Bertz CT molecular complexity index is 249. The van der Waals surface area contributed by atoms with E-state index in [1.165, 1.54) is 6.26 Å². The van der Waals surface area contributed by atoms with Gasteiger partial charge in [0.1, 0.15) is 9.84 Å². The summed E-state index contributed by atoms with van der Waals surface area (Å²) in [4.78, 5) is 0. The van der Waals surface area contributed by atoms with E-state index in [9.17, 15) is 8.42 Å². The Kier molecular flexibility index (Phi) is 4.43. The van der Waals surface area contributed by atoms with Gasteiger partial charge in [0.05, 0.1) is 5.75 Å². The Balaban J connectivity index is 3.91. The van der Waals surface area contributed by atoms with Gasteiger partial charge in [0, 0.05) is 12.3 Å². The summed E-state index contributed by atoms with van der Waals surface area (Å²) in [7, 11) is -2.97. The molecule has 0 saturated carbocycles. The molecule has 12 heavy (non-hydrogen) atoms. The van der Waals surface area contributed by atoms with Gasteiger partial charge in [-0.05, 0) is 19.1 Å². The molecule has 0 aliphatic rings. The van der Waals surface area contributed by atoms with E-state index in [2.05, 4.69) is 23.0 Å². The average molecular weight is 211 g/mol. The molecule has 0 heterocycles. The number of rotatable bonds is 3. The predicted octanol–water partition coefficient (Wildman–Crippen LogP) is -1.24. The van der Waals surface area contributed by atoms with Gasteiger partial charge in [0.25, 0.3) is 0 Å². The highest BCUT2D eigenvalue weighted by molar-refractivity contribution is 7.90. The minimum absolute atomic E-state index is 0.0365. The van der Waals surface area contributed by atoms with Crippen LogP contribution >= 0.6 is 12.2 Å². The summed E-state index contributed by atoms with van der Waals surface area (Å²) in [5, 5.41) is 2.94. The second-order valence-corrected chi connectivity index (χ2v) is 5.20. The lowest BCUT2D eigenvalue weighted by atomic mass is 10.4. The summed E-state index contributed by atoms with van der Waals surface area (Å²) in [6.45, 7) is 1.71. The SMILES string of the molecule is CC(CS(C)(=O)=O)NC(=S)NN. The fourth-order valence-corrected chi connectivity index (χ4v) is 1.95. The Morgan fingerprint density at radius 1 is 1.67 bits per heavy atom. The minimum Gasteiger partial charge on any atom is -0.358 e. The lowest BCUT2D eigenvalue weighted by molar-refractivity contribution is 0.590. The Morgan fingerprint density at radius 3 is 2.50 bits per heavy atom. The van der Waals surface area contributed by atoms with Gasteiger partial charge in [-0.15, -0.1) is 0 Å². The third-order valence-corrected chi connectivity index (χ3v) is 2.40. The third kappa shape index (κ3) is 6.32. The molecule has 0 spiro atoms. The lowest BCUT2D eigenvalue weighted by Gasteiger charge is -2.13. The number of sulfone groups is 1. The van der Waals surface area contributed by atoms with Gasteiger partial charge < -0.3 is 10.7 Å². The van der Waals surface area contributed by atoms with Crippen molar-refractivity contribution in [2.75, 3.05) is 12.0 Å². The van der Waals surface area contributed by atoms with E-state index in [4.69, 9.17) is 5.84 Å². The van der Waals surface area contributed by atoms with Crippen LogP contribution in [0.15, 0.2) is 0 Å². The third-order valence-electron chi connectivity index (χ3n) is 1.06. The molecule has 0 amide bonds. The van der Waals surface area contributed by atoms with Crippen LogP contribution in [0.25, 0.3) is 0 Å². The molecule has 0 aromatic rings. The molecule has 0 saturated heterocycles. The molecule has 0 fully saturated rings. The lowest BCUT2D eigenvalue weighted by Crippen LogP contribution is -2.45. The second kappa shape index (κ2) is 4.58. The molecule has 7 heteroatoms. The van der Waals surface area contributed by atoms with Crippen molar-refractivity contribution in [2.45, 2.75) is 13.0 Å². The van der Waals surface area contributed by atoms with Gasteiger partial charge in [0.15, 0.2) is 5.11 Å². The first kappa shape index (κ1) is 11.6. The van der Waals surface area contributed by atoms with E-state index < -0.39 is 9.84 Å². The Morgan fingerprint density at radius 2 is 2.17 bits per heavy atom. The first-order chi connectivity index (χ1) is 5.35. The summed E-state index contributed by atoms with van der Waals surface area (Å²) < 4.78 is 21.6. The highest BCUT2D eigenvalue weighted by Gasteiger charge is 2.10. The Labute approximate surface area is 77.6 Å². The molecule has 1 unspecified atom stereocenters. The van der Waals surface area contributed by atoms with Crippen molar-refractivity contribution >= 4 is 27.2 Å². The molecule has 4 N–H and O–H groups in total. The first-order valence-electron chi connectivity index (χ1n) is 3.30. The quantitative estimate of drug-likeness (QED) is 0.307. The van der Waals surface area contributed by atoms with Crippen LogP contribution in [0.3, 0.4) is 0 Å². The Hall–Kier alpha value is -0.400. The van der Waals surface area contributed by atoms with E-state index >= 15 is 0 Å². The molecule has 0 aromatic heterocycles. The van der Waals surface area contributed by atoms with Crippen molar-refractivity contribution in [2.24, 2.45) is 5.84 Å². The van der Waals surface area contributed by atoms with Gasteiger partial charge >= 0.3 is 0 Å². The number of hydrogen-bond acceptors (Lipinski definition) is 4. The number of thiocarbonyl (C=S) groups is 1. The molecule has 5 nitrogen and oxygen atoms in total. The molecule has 0 rings (SSSR count). The molecule has 0 bridgehead atoms. The number of nitrogens with two attached hydrogens (primary N) is 1. The van der Waals surface area contributed by atoms with E-state index in [0.29, 0.717) is 0 Å². The molecule has 0 radical (unpaired) electrons. The van der Waals surface area contributed by atoms with E-state index in [1.54, 1.807) is 6.92 Å². The molecular weight excluding hydrogens is 198 g/mol. The molecular formula is C5H13N3O2S2. The topological polar surface area (TPSA) is 84.2 Å². The number of hydrogen-bond donors (Lipinski definition) is 3. The van der Waals surface area contributed by atoms with Crippen molar-refractivity contribution in [3.8, 4) is 0 Å². The van der Waals surface area contributed by atoms with Gasteiger partial charge in [-0.3, -0.25) is 0 Å². The fraction of sp³-hybridized carbons (Fsp3) is 0.800. The maximum atomic E-state index is 10.8. The average Bonchev–Trinajstić information content (AvgIpc) is 1.82. The maximum Gasteiger partial charge on any atom is 0.180 e. The van der Waals surface area contributed by atoms with Gasteiger partial charge in [-0.1, -0.05) is 0 Å². The zero-order chi connectivity index (χ0) is 9.78. The zero-order valence-electron chi connectivity index (χ0n) is 6.99. The van der Waals surface area contributed by atoms with Crippen LogP contribution < -0.4 is 16.6 Å². The molecule has 0 aliphatic heterocycles. The summed E-state index contributed by atoms with van der Waals surface area (Å²) in [5.74, 6) is 5.02. The van der Waals surface area contributed by atoms with Crippen LogP contribution in [-0.4, -0.2) is 31.6 Å². The largest absolute Gasteiger partial charge is 0.358 e. The van der Waals surface area contributed by atoms with Gasteiger partial charge in [-0.25, -0.2) is 14.3 Å². The second-order valence-electron chi connectivity index (χ2n) is 2.61. The van der Waals surface area contributed by atoms with Crippen molar-refractivity contribution in [1.82, 2.24) is 10.7 Å². The van der Waals surface area contributed by atoms with Gasteiger partial charge in [0.2, 0.25) is 0 Å². The predicted molar refractivity (Wildman–Crippen MR) is 52.2 cm³/mol. The first-order valence-corrected chi connectivity index (χ1v) is 5.77. The number of hydrazine groups is 1. The zero-order valence-corrected chi connectivity index (χ0v) is 8.63. The fourth-order valence-electron chi connectivity index (χ4n) is 0.761. The highest BCUT2D eigenvalue weighted by Crippen LogP contribution is 1.89. The summed E-state index contributed by atoms with van der Waals surface area (Å²) in [6, 6.07) is -0.233. The smallest absolute Gasteiger partial charge is 0.180 e. The van der Waals surface area contributed by atoms with Crippen LogP contribution in [0.5, 0.6) is 0 Å². The van der Waals surface area contributed by atoms with E-state index in [-0.39, 0.29) is 16.9 Å². The molecule has 1 atom stereocenters. The van der Waals surface area contributed by atoms with Crippen LogP contribution in [0, 0.1) is 0 Å². The van der Waals surface area contributed by atoms with E-state index in [0.717, 1.165) is 0 Å². The number of nitrogens with one attached hydrogen (secondary N) is 2. The van der Waals surface area contributed by atoms with Crippen LogP contribution in [-0.2, 0) is 9.84 Å². The van der Waals surface area contributed by atoms with E-state index in [1.807, 2.05) is 0 Å². The summed E-state index contributed by atoms with van der Waals surface area (Å²) >= 11 is 4.68. The maximum absolute atomic E-state index is 10.8. The standard InChI is InChI=1S/C5H13N3O2S2/c1-4(3-12(2,9)10)7-5(11)8-6/h4H,3,6H2,1-2H3,(H2,7,8,11). The normalized spacial score (nSPS) is 13.6. The van der Waals surface area contributed by atoms with Crippen molar-refractivity contribution in [1.29, 1.82) is 0 Å². The molecule has 72 valence electrons. The van der Waals surface area contributed by atoms with Crippen LogP contribution in [0.1, 0.15) is 6.92 Å². The molecule has 0 aromatic carbocycles. The van der Waals surface area contributed by atoms with Gasteiger partial charge in [-0.2, -0.15) is 0 Å². The van der Waals surface area contributed by atoms with Crippen molar-refractivity contribution in [3.05, 3.63) is 0 Å².